The first-order chi connectivity index (χ1) is 5.52. The monoisotopic (exact) mass is 340 g/mol. The summed E-state index contributed by atoms with van der Waals surface area (Å²) in [5, 5.41) is 8.75. The molecule has 0 spiro atoms. The van der Waals surface area contributed by atoms with Crippen LogP contribution < -0.4 is 0 Å². The number of halogens is 2. The van der Waals surface area contributed by atoms with E-state index in [1.165, 1.54) is 0 Å². The highest BCUT2D eigenvalue weighted by Gasteiger charge is 2.09. The van der Waals surface area contributed by atoms with Crippen molar-refractivity contribution in [1.29, 1.82) is 0 Å². The summed E-state index contributed by atoms with van der Waals surface area (Å²) in [6.07, 6.45) is 0. The maximum Gasteiger partial charge on any atom is 0.336 e. The van der Waals surface area contributed by atoms with Crippen molar-refractivity contribution in [2.24, 2.45) is 0 Å². The van der Waals surface area contributed by atoms with Gasteiger partial charge in [-0.3, -0.25) is 0 Å². The van der Waals surface area contributed by atoms with Crippen LogP contribution in [0.5, 0.6) is 0 Å². The number of carboxylic acid groups (broad SMARTS) is 1. The lowest BCUT2D eigenvalue weighted by Crippen LogP contribution is -1.99. The molecular weight excluding hydrogens is 335 g/mol. The molecule has 0 unspecified atom stereocenters. The van der Waals surface area contributed by atoms with E-state index in [1.54, 1.807) is 12.1 Å². The Kier molecular flexibility index (Phi) is 3.11. The number of carbonyl (C=O) groups is 1. The first kappa shape index (κ1) is 9.98. The Hall–Kier alpha value is -0.1000. The molecule has 12 heavy (non-hydrogen) atoms. The topological polar surface area (TPSA) is 37.3 Å². The average Bonchev–Trinajstić information content (AvgIpc) is 1.96. The van der Waals surface area contributed by atoms with Gasteiger partial charge in [-0.2, -0.15) is 0 Å². The van der Waals surface area contributed by atoms with E-state index in [0.29, 0.717) is 10.0 Å². The molecule has 1 N–H and O–H groups in total. The molecule has 0 fully saturated rings. The number of benzene rings is 1. The number of aryl methyl sites for hydroxylation is 1. The minimum atomic E-state index is -0.902. The molecule has 0 aliphatic carbocycles. The minimum Gasteiger partial charge on any atom is -0.478 e. The molecule has 0 aliphatic rings. The summed E-state index contributed by atoms with van der Waals surface area (Å²) in [6, 6.07) is 3.47. The van der Waals surface area contributed by atoms with E-state index >= 15 is 0 Å². The van der Waals surface area contributed by atoms with Gasteiger partial charge in [0.25, 0.3) is 0 Å². The van der Waals surface area contributed by atoms with Crippen LogP contribution in [0, 0.1) is 10.5 Å². The molecule has 0 heterocycles. The van der Waals surface area contributed by atoms with Gasteiger partial charge in [0.2, 0.25) is 0 Å². The Labute approximate surface area is 92.2 Å². The standard InChI is InChI=1S/C8H6BrIO2/c1-4-2-5(8(11)12)6(9)3-7(4)10/h2-3H,1H3,(H,11,12). The zero-order valence-corrected chi connectivity index (χ0v) is 10.0. The van der Waals surface area contributed by atoms with E-state index in [0.717, 1.165) is 9.13 Å². The highest BCUT2D eigenvalue weighted by atomic mass is 127. The maximum atomic E-state index is 10.7. The smallest absolute Gasteiger partial charge is 0.336 e. The molecule has 64 valence electrons. The van der Waals surface area contributed by atoms with Crippen LogP contribution in [0.3, 0.4) is 0 Å². The highest BCUT2D eigenvalue weighted by molar-refractivity contribution is 14.1. The predicted octanol–water partition coefficient (Wildman–Crippen LogP) is 3.06. The average molecular weight is 341 g/mol. The fraction of sp³-hybridized carbons (Fsp3) is 0.125. The minimum absolute atomic E-state index is 0.313. The lowest BCUT2D eigenvalue weighted by atomic mass is 10.1. The number of rotatable bonds is 1. The molecule has 2 nitrogen and oxygen atoms in total. The Morgan fingerprint density at radius 3 is 2.67 bits per heavy atom. The lowest BCUT2D eigenvalue weighted by molar-refractivity contribution is 0.0696. The molecule has 1 aromatic rings. The van der Waals surface area contributed by atoms with E-state index in [9.17, 15) is 4.79 Å². The molecule has 0 saturated heterocycles. The molecule has 4 heteroatoms. The molecular formula is C8H6BrIO2. The summed E-state index contributed by atoms with van der Waals surface area (Å²) >= 11 is 5.36. The SMILES string of the molecule is Cc1cc(C(=O)O)c(Br)cc1I. The van der Waals surface area contributed by atoms with Gasteiger partial charge >= 0.3 is 5.97 Å². The fourth-order valence-corrected chi connectivity index (χ4v) is 2.23. The van der Waals surface area contributed by atoms with Gasteiger partial charge in [0, 0.05) is 8.04 Å². The van der Waals surface area contributed by atoms with Crippen LogP contribution in [0.25, 0.3) is 0 Å². The van der Waals surface area contributed by atoms with Crippen LogP contribution in [-0.4, -0.2) is 11.1 Å². The molecule has 0 bridgehead atoms. The first-order valence-corrected chi connectivity index (χ1v) is 5.08. The van der Waals surface area contributed by atoms with E-state index in [4.69, 9.17) is 5.11 Å². The Morgan fingerprint density at radius 1 is 1.58 bits per heavy atom. The van der Waals surface area contributed by atoms with Gasteiger partial charge in [0.05, 0.1) is 5.56 Å². The summed E-state index contributed by atoms with van der Waals surface area (Å²) < 4.78 is 1.69. The largest absolute Gasteiger partial charge is 0.478 e. The summed E-state index contributed by atoms with van der Waals surface area (Å²) in [4.78, 5) is 10.7. The zero-order valence-electron chi connectivity index (χ0n) is 6.27. The van der Waals surface area contributed by atoms with Crippen LogP contribution in [0.2, 0.25) is 0 Å². The van der Waals surface area contributed by atoms with Crippen LogP contribution in [0.1, 0.15) is 15.9 Å². The van der Waals surface area contributed by atoms with Gasteiger partial charge in [-0.15, -0.1) is 0 Å². The van der Waals surface area contributed by atoms with Crippen molar-refractivity contribution in [3.8, 4) is 0 Å². The maximum absolute atomic E-state index is 10.7. The molecule has 0 atom stereocenters. The Bertz CT molecular complexity index is 336. The van der Waals surface area contributed by atoms with Gasteiger partial charge < -0.3 is 5.11 Å². The van der Waals surface area contributed by atoms with Crippen molar-refractivity contribution in [2.45, 2.75) is 6.92 Å². The van der Waals surface area contributed by atoms with E-state index < -0.39 is 5.97 Å². The van der Waals surface area contributed by atoms with Crippen molar-refractivity contribution in [3.05, 3.63) is 31.3 Å². The van der Waals surface area contributed by atoms with Crippen LogP contribution in [0.15, 0.2) is 16.6 Å². The van der Waals surface area contributed by atoms with Crippen LogP contribution in [0.4, 0.5) is 0 Å². The van der Waals surface area contributed by atoms with Crippen molar-refractivity contribution in [3.63, 3.8) is 0 Å². The summed E-state index contributed by atoms with van der Waals surface area (Å²) in [5.74, 6) is -0.902. The Balaban J connectivity index is 3.33. The number of hydrogen-bond acceptors (Lipinski definition) is 1. The van der Waals surface area contributed by atoms with Gasteiger partial charge in [0.15, 0.2) is 0 Å². The highest BCUT2D eigenvalue weighted by Crippen LogP contribution is 2.22. The second-order valence-electron chi connectivity index (χ2n) is 2.39. The van der Waals surface area contributed by atoms with Gasteiger partial charge in [0.1, 0.15) is 0 Å². The molecule has 1 rings (SSSR count). The summed E-state index contributed by atoms with van der Waals surface area (Å²) in [7, 11) is 0. The first-order valence-electron chi connectivity index (χ1n) is 3.21. The van der Waals surface area contributed by atoms with Gasteiger partial charge in [-0.25, -0.2) is 4.79 Å². The van der Waals surface area contributed by atoms with Crippen molar-refractivity contribution < 1.29 is 9.90 Å². The fourth-order valence-electron chi connectivity index (χ4n) is 0.821. The third-order valence-electron chi connectivity index (χ3n) is 1.48. The summed E-state index contributed by atoms with van der Waals surface area (Å²) in [5.41, 5.74) is 1.30. The number of carboxylic acids is 1. The third-order valence-corrected chi connectivity index (χ3v) is 3.30. The number of hydrogen-bond donors (Lipinski definition) is 1. The van der Waals surface area contributed by atoms with Crippen LogP contribution >= 0.6 is 38.5 Å². The molecule has 0 aliphatic heterocycles. The normalized spacial score (nSPS) is 9.92. The number of aromatic carboxylic acids is 1. The van der Waals surface area contributed by atoms with Gasteiger partial charge in [-0.05, 0) is 63.1 Å². The van der Waals surface area contributed by atoms with E-state index in [-0.39, 0.29) is 0 Å². The predicted molar refractivity (Wildman–Crippen MR) is 58.6 cm³/mol. The quantitative estimate of drug-likeness (QED) is 0.798. The van der Waals surface area contributed by atoms with Crippen LogP contribution in [-0.2, 0) is 0 Å². The second-order valence-corrected chi connectivity index (χ2v) is 4.40. The van der Waals surface area contributed by atoms with Gasteiger partial charge in [-0.1, -0.05) is 0 Å². The van der Waals surface area contributed by atoms with E-state index in [2.05, 4.69) is 38.5 Å². The molecule has 0 saturated carbocycles. The molecule has 0 amide bonds. The zero-order chi connectivity index (χ0) is 9.30. The van der Waals surface area contributed by atoms with E-state index in [1.807, 2.05) is 6.92 Å². The second kappa shape index (κ2) is 3.74. The summed E-state index contributed by atoms with van der Waals surface area (Å²) in [6.45, 7) is 1.89. The molecule has 0 aromatic heterocycles. The molecule has 0 radical (unpaired) electrons. The lowest BCUT2D eigenvalue weighted by Gasteiger charge is -2.02. The van der Waals surface area contributed by atoms with Crippen molar-refractivity contribution in [1.82, 2.24) is 0 Å². The Morgan fingerprint density at radius 2 is 2.17 bits per heavy atom. The van der Waals surface area contributed by atoms with Crippen molar-refractivity contribution in [2.75, 3.05) is 0 Å². The molecule has 1 aromatic carbocycles. The van der Waals surface area contributed by atoms with Crippen molar-refractivity contribution >= 4 is 44.5 Å². The third kappa shape index (κ3) is 1.98.